The number of ether oxygens (including phenoxy) is 1. The maximum atomic E-state index is 5.51. The summed E-state index contributed by atoms with van der Waals surface area (Å²) in [6.07, 6.45) is 5.10. The molecule has 0 radical (unpaired) electrons. The average Bonchev–Trinajstić information content (AvgIpc) is 2.77. The fourth-order valence-electron chi connectivity index (χ4n) is 6.74. The van der Waals surface area contributed by atoms with Crippen LogP contribution in [0, 0.1) is 10.8 Å². The van der Waals surface area contributed by atoms with Crippen LogP contribution >= 0.6 is 0 Å². The van der Waals surface area contributed by atoms with E-state index in [0.717, 1.165) is 18.8 Å². The molecule has 2 fully saturated rings. The second kappa shape index (κ2) is 9.70. The summed E-state index contributed by atoms with van der Waals surface area (Å²) in [5.74, 6) is 1.54. The molecular weight excluding hydrogens is 404 g/mol. The molecule has 0 N–H and O–H groups in total. The number of benzene rings is 2. The smallest absolute Gasteiger partial charge is 0.119 e. The molecule has 0 amide bonds. The zero-order valence-electron chi connectivity index (χ0n) is 21.8. The fourth-order valence-corrected chi connectivity index (χ4v) is 6.74. The Balaban J connectivity index is 1.71. The zero-order chi connectivity index (χ0) is 23.6. The average molecular weight is 449 g/mol. The van der Waals surface area contributed by atoms with E-state index in [4.69, 9.17) is 4.74 Å². The Morgan fingerprint density at radius 1 is 0.879 bits per heavy atom. The molecule has 1 saturated carbocycles. The monoisotopic (exact) mass is 448 g/mol. The van der Waals surface area contributed by atoms with Crippen molar-refractivity contribution >= 4 is 5.69 Å². The molecule has 1 aliphatic carbocycles. The minimum Gasteiger partial charge on any atom is -0.497 e. The topological polar surface area (TPSA) is 15.7 Å². The standard InChI is InChI=1S/C30H44N2O/c1-7-13-31-14-16-32(17-15-31)28-19-24(23-9-8-10-26(18-23)33-6)11-12-27(28)25-20-29(2,3)22-30(4,5)21-25/h8-12,18-19,25H,7,13-17,20-22H2,1-6H3. The Labute approximate surface area is 202 Å². The lowest BCUT2D eigenvalue weighted by molar-refractivity contribution is 0.0970. The first-order chi connectivity index (χ1) is 15.7. The van der Waals surface area contributed by atoms with Crippen LogP contribution in [0.25, 0.3) is 11.1 Å². The van der Waals surface area contributed by atoms with Crippen molar-refractivity contribution in [1.29, 1.82) is 0 Å². The minimum absolute atomic E-state index is 0.384. The van der Waals surface area contributed by atoms with Gasteiger partial charge in [-0.2, -0.15) is 0 Å². The van der Waals surface area contributed by atoms with Crippen LogP contribution in [0.5, 0.6) is 5.75 Å². The van der Waals surface area contributed by atoms with Crippen molar-refractivity contribution in [3.63, 3.8) is 0 Å². The van der Waals surface area contributed by atoms with Crippen molar-refractivity contribution in [2.75, 3.05) is 44.7 Å². The lowest BCUT2D eigenvalue weighted by atomic mass is 9.60. The molecule has 2 aliphatic rings. The van der Waals surface area contributed by atoms with Crippen LogP contribution in [0.3, 0.4) is 0 Å². The van der Waals surface area contributed by atoms with Gasteiger partial charge in [0.2, 0.25) is 0 Å². The molecule has 3 nitrogen and oxygen atoms in total. The zero-order valence-corrected chi connectivity index (χ0v) is 21.8. The van der Waals surface area contributed by atoms with Crippen molar-refractivity contribution in [2.24, 2.45) is 10.8 Å². The lowest BCUT2D eigenvalue weighted by Crippen LogP contribution is -2.47. The first-order valence-corrected chi connectivity index (χ1v) is 13.0. The van der Waals surface area contributed by atoms with E-state index in [1.165, 1.54) is 62.1 Å². The molecule has 0 spiro atoms. The summed E-state index contributed by atoms with van der Waals surface area (Å²) in [5, 5.41) is 0. The molecule has 0 atom stereocenters. The van der Waals surface area contributed by atoms with E-state index < -0.39 is 0 Å². The predicted molar refractivity (Wildman–Crippen MR) is 142 cm³/mol. The van der Waals surface area contributed by atoms with E-state index in [1.54, 1.807) is 12.7 Å². The second-order valence-corrected chi connectivity index (χ2v) is 11.9. The van der Waals surface area contributed by atoms with Crippen LogP contribution in [0.4, 0.5) is 5.69 Å². The van der Waals surface area contributed by atoms with Crippen LogP contribution in [0.2, 0.25) is 0 Å². The van der Waals surface area contributed by atoms with E-state index >= 15 is 0 Å². The van der Waals surface area contributed by atoms with Gasteiger partial charge in [0.05, 0.1) is 7.11 Å². The number of anilines is 1. The Hall–Kier alpha value is -2.00. The highest BCUT2D eigenvalue weighted by atomic mass is 16.5. The number of rotatable bonds is 6. The van der Waals surface area contributed by atoms with Crippen LogP contribution in [0.1, 0.15) is 71.8 Å². The molecule has 33 heavy (non-hydrogen) atoms. The van der Waals surface area contributed by atoms with Gasteiger partial charge in [-0.1, -0.05) is 58.9 Å². The third-order valence-corrected chi connectivity index (χ3v) is 7.68. The van der Waals surface area contributed by atoms with Crippen molar-refractivity contribution in [3.8, 4) is 16.9 Å². The van der Waals surface area contributed by atoms with Gasteiger partial charge in [-0.3, -0.25) is 4.90 Å². The highest BCUT2D eigenvalue weighted by Crippen LogP contribution is 2.53. The Kier molecular flexibility index (Phi) is 7.09. The van der Waals surface area contributed by atoms with Gasteiger partial charge in [0.15, 0.2) is 0 Å². The number of piperazine rings is 1. The number of nitrogens with zero attached hydrogens (tertiary/aromatic N) is 2. The predicted octanol–water partition coefficient (Wildman–Crippen LogP) is 7.21. The molecule has 2 aromatic carbocycles. The molecule has 1 saturated heterocycles. The molecule has 0 bridgehead atoms. The largest absolute Gasteiger partial charge is 0.497 e. The van der Waals surface area contributed by atoms with Gasteiger partial charge in [0, 0.05) is 31.9 Å². The summed E-state index contributed by atoms with van der Waals surface area (Å²) in [6, 6.07) is 15.7. The van der Waals surface area contributed by atoms with Gasteiger partial charge in [-0.05, 0) is 83.9 Å². The van der Waals surface area contributed by atoms with Gasteiger partial charge in [0.1, 0.15) is 5.75 Å². The highest BCUT2D eigenvalue weighted by molar-refractivity contribution is 5.72. The number of hydrogen-bond acceptors (Lipinski definition) is 3. The third kappa shape index (κ3) is 5.74. The SMILES string of the molecule is CCCN1CCN(c2cc(-c3cccc(OC)c3)ccc2C2CC(C)(C)CC(C)(C)C2)CC1. The van der Waals surface area contributed by atoms with Crippen LogP contribution in [0.15, 0.2) is 42.5 Å². The number of methoxy groups -OCH3 is 1. The molecule has 3 heteroatoms. The molecule has 1 heterocycles. The van der Waals surface area contributed by atoms with Gasteiger partial charge in [-0.25, -0.2) is 0 Å². The fraction of sp³-hybridized carbons (Fsp3) is 0.600. The van der Waals surface area contributed by atoms with Crippen molar-refractivity contribution in [2.45, 2.75) is 66.2 Å². The van der Waals surface area contributed by atoms with Gasteiger partial charge in [-0.15, -0.1) is 0 Å². The molecule has 0 unspecified atom stereocenters. The summed E-state index contributed by atoms with van der Waals surface area (Å²) in [6.45, 7) is 17.9. The summed E-state index contributed by atoms with van der Waals surface area (Å²) in [7, 11) is 1.75. The van der Waals surface area contributed by atoms with Crippen molar-refractivity contribution < 1.29 is 4.74 Å². The van der Waals surface area contributed by atoms with Crippen LogP contribution in [-0.2, 0) is 0 Å². The van der Waals surface area contributed by atoms with Crippen LogP contribution < -0.4 is 9.64 Å². The summed E-state index contributed by atoms with van der Waals surface area (Å²) >= 11 is 0. The summed E-state index contributed by atoms with van der Waals surface area (Å²) < 4.78 is 5.51. The van der Waals surface area contributed by atoms with E-state index in [-0.39, 0.29) is 0 Å². The maximum absolute atomic E-state index is 5.51. The minimum atomic E-state index is 0.384. The molecule has 180 valence electrons. The normalized spacial score (nSPS) is 21.2. The quantitative estimate of drug-likeness (QED) is 0.464. The van der Waals surface area contributed by atoms with E-state index in [9.17, 15) is 0 Å². The first kappa shape index (κ1) is 24.1. The molecule has 4 rings (SSSR count). The van der Waals surface area contributed by atoms with Gasteiger partial charge < -0.3 is 9.64 Å². The third-order valence-electron chi connectivity index (χ3n) is 7.68. The summed E-state index contributed by atoms with van der Waals surface area (Å²) in [5.41, 5.74) is 6.31. The van der Waals surface area contributed by atoms with E-state index in [1.807, 2.05) is 6.07 Å². The van der Waals surface area contributed by atoms with Gasteiger partial charge >= 0.3 is 0 Å². The Bertz CT molecular complexity index is 924. The van der Waals surface area contributed by atoms with Crippen molar-refractivity contribution in [3.05, 3.63) is 48.0 Å². The lowest BCUT2D eigenvalue weighted by Gasteiger charge is -2.46. The highest BCUT2D eigenvalue weighted by Gasteiger charge is 2.40. The summed E-state index contributed by atoms with van der Waals surface area (Å²) in [4.78, 5) is 5.29. The van der Waals surface area contributed by atoms with Crippen molar-refractivity contribution in [1.82, 2.24) is 4.90 Å². The van der Waals surface area contributed by atoms with Gasteiger partial charge in [0.25, 0.3) is 0 Å². The Morgan fingerprint density at radius 2 is 1.55 bits per heavy atom. The maximum Gasteiger partial charge on any atom is 0.119 e. The second-order valence-electron chi connectivity index (χ2n) is 11.9. The number of hydrogen-bond donors (Lipinski definition) is 0. The van der Waals surface area contributed by atoms with Crippen LogP contribution in [-0.4, -0.2) is 44.7 Å². The molecule has 0 aromatic heterocycles. The molecule has 1 aliphatic heterocycles. The van der Waals surface area contributed by atoms with E-state index in [2.05, 4.69) is 80.8 Å². The molecule has 2 aromatic rings. The molecular formula is C30H44N2O. The Morgan fingerprint density at radius 3 is 2.18 bits per heavy atom. The van der Waals surface area contributed by atoms with E-state index in [0.29, 0.717) is 16.7 Å². The first-order valence-electron chi connectivity index (χ1n) is 13.0.